The second kappa shape index (κ2) is 5.13. The molecule has 6 nitrogen and oxygen atoms in total. The van der Waals surface area contributed by atoms with Gasteiger partial charge in [-0.1, -0.05) is 6.07 Å². The number of aryl methyl sites for hydroxylation is 1. The third-order valence-corrected chi connectivity index (χ3v) is 3.72. The van der Waals surface area contributed by atoms with Gasteiger partial charge in [-0.3, -0.25) is 0 Å². The molecular formula is C14H18N4O2. The van der Waals surface area contributed by atoms with Gasteiger partial charge in [-0.05, 0) is 37.0 Å². The number of hydrogen-bond acceptors (Lipinski definition) is 5. The number of phenols is 2. The molecule has 3 rings (SSSR count). The molecule has 0 spiro atoms. The third kappa shape index (κ3) is 2.34. The first-order valence-electron chi connectivity index (χ1n) is 6.83. The van der Waals surface area contributed by atoms with Gasteiger partial charge in [-0.15, -0.1) is 10.2 Å². The Balaban J connectivity index is 1.80. The molecule has 1 aliphatic rings. The van der Waals surface area contributed by atoms with Crippen LogP contribution in [-0.4, -0.2) is 25.0 Å². The summed E-state index contributed by atoms with van der Waals surface area (Å²) in [5, 5.41) is 27.2. The van der Waals surface area contributed by atoms with Gasteiger partial charge < -0.3 is 20.5 Å². The molecule has 1 atom stereocenters. The molecule has 106 valence electrons. The Morgan fingerprint density at radius 1 is 1.20 bits per heavy atom. The molecule has 0 radical (unpaired) electrons. The van der Waals surface area contributed by atoms with E-state index in [1.807, 2.05) is 0 Å². The molecule has 2 aromatic rings. The van der Waals surface area contributed by atoms with Crippen molar-refractivity contribution < 1.29 is 10.2 Å². The average Bonchev–Trinajstić information content (AvgIpc) is 2.87. The summed E-state index contributed by atoms with van der Waals surface area (Å²) in [6, 6.07) is 4.49. The quantitative estimate of drug-likeness (QED) is 0.732. The van der Waals surface area contributed by atoms with Crippen molar-refractivity contribution in [2.45, 2.75) is 38.3 Å². The zero-order chi connectivity index (χ0) is 14.1. The van der Waals surface area contributed by atoms with Crippen molar-refractivity contribution in [3.63, 3.8) is 0 Å². The SMILES string of the molecule is NC(Cc1ccc(O)c(O)c1)c1nnc2n1CCCC2. The summed E-state index contributed by atoms with van der Waals surface area (Å²) in [5.41, 5.74) is 7.08. The molecule has 0 aliphatic carbocycles. The molecular weight excluding hydrogens is 256 g/mol. The van der Waals surface area contributed by atoms with E-state index in [0.29, 0.717) is 6.42 Å². The van der Waals surface area contributed by atoms with Crippen LogP contribution < -0.4 is 5.73 Å². The topological polar surface area (TPSA) is 97.2 Å². The van der Waals surface area contributed by atoms with Gasteiger partial charge in [0, 0.05) is 13.0 Å². The number of nitrogens with zero attached hydrogens (tertiary/aromatic N) is 3. The molecule has 1 aromatic carbocycles. The van der Waals surface area contributed by atoms with Crippen molar-refractivity contribution in [3.05, 3.63) is 35.4 Å². The van der Waals surface area contributed by atoms with Crippen LogP contribution in [0.5, 0.6) is 11.5 Å². The Hall–Kier alpha value is -2.08. The summed E-state index contributed by atoms with van der Waals surface area (Å²) in [6.45, 7) is 0.923. The van der Waals surface area contributed by atoms with Crippen LogP contribution in [0.15, 0.2) is 18.2 Å². The van der Waals surface area contributed by atoms with Crippen LogP contribution in [0.1, 0.15) is 36.1 Å². The molecule has 0 saturated carbocycles. The Labute approximate surface area is 116 Å². The summed E-state index contributed by atoms with van der Waals surface area (Å²) in [6.07, 6.45) is 3.79. The third-order valence-electron chi connectivity index (χ3n) is 3.72. The van der Waals surface area contributed by atoms with E-state index in [1.54, 1.807) is 6.07 Å². The molecule has 0 saturated heterocycles. The van der Waals surface area contributed by atoms with E-state index in [1.165, 1.54) is 12.1 Å². The summed E-state index contributed by atoms with van der Waals surface area (Å²) < 4.78 is 2.11. The Kier molecular flexibility index (Phi) is 3.31. The zero-order valence-electron chi connectivity index (χ0n) is 11.2. The van der Waals surface area contributed by atoms with Gasteiger partial charge in [-0.25, -0.2) is 0 Å². The van der Waals surface area contributed by atoms with Crippen molar-refractivity contribution in [3.8, 4) is 11.5 Å². The van der Waals surface area contributed by atoms with Crippen LogP contribution in [0, 0.1) is 0 Å². The fraction of sp³-hybridized carbons (Fsp3) is 0.429. The molecule has 0 amide bonds. The smallest absolute Gasteiger partial charge is 0.157 e. The first-order valence-corrected chi connectivity index (χ1v) is 6.83. The van der Waals surface area contributed by atoms with Crippen molar-refractivity contribution in [1.82, 2.24) is 14.8 Å². The van der Waals surface area contributed by atoms with E-state index in [0.717, 1.165) is 43.0 Å². The van der Waals surface area contributed by atoms with Gasteiger partial charge in [-0.2, -0.15) is 0 Å². The summed E-state index contributed by atoms with van der Waals surface area (Å²) >= 11 is 0. The van der Waals surface area contributed by atoms with Crippen molar-refractivity contribution in [2.75, 3.05) is 0 Å². The van der Waals surface area contributed by atoms with E-state index in [-0.39, 0.29) is 17.5 Å². The number of phenolic OH excluding ortho intramolecular Hbond substituents is 2. The van der Waals surface area contributed by atoms with Crippen LogP contribution in [0.2, 0.25) is 0 Å². The lowest BCUT2D eigenvalue weighted by Crippen LogP contribution is -2.21. The number of benzene rings is 1. The number of aromatic nitrogens is 3. The molecule has 0 fully saturated rings. The lowest BCUT2D eigenvalue weighted by molar-refractivity contribution is 0.403. The molecule has 1 aromatic heterocycles. The summed E-state index contributed by atoms with van der Waals surface area (Å²) in [7, 11) is 0. The van der Waals surface area contributed by atoms with Gasteiger partial charge in [0.05, 0.1) is 6.04 Å². The van der Waals surface area contributed by atoms with Gasteiger partial charge in [0.15, 0.2) is 11.5 Å². The fourth-order valence-electron chi connectivity index (χ4n) is 2.65. The average molecular weight is 274 g/mol. The van der Waals surface area contributed by atoms with E-state index < -0.39 is 0 Å². The first kappa shape index (κ1) is 12.9. The monoisotopic (exact) mass is 274 g/mol. The number of rotatable bonds is 3. The van der Waals surface area contributed by atoms with Gasteiger partial charge in [0.25, 0.3) is 0 Å². The second-order valence-corrected chi connectivity index (χ2v) is 5.22. The lowest BCUT2D eigenvalue weighted by Gasteiger charge is -2.18. The molecule has 4 N–H and O–H groups in total. The maximum absolute atomic E-state index is 9.51. The number of fused-ring (bicyclic) bond motifs is 1. The normalized spacial score (nSPS) is 15.8. The minimum atomic E-state index is -0.265. The Morgan fingerprint density at radius 2 is 2.05 bits per heavy atom. The molecule has 6 heteroatoms. The lowest BCUT2D eigenvalue weighted by atomic mass is 10.0. The van der Waals surface area contributed by atoms with Crippen LogP contribution in [-0.2, 0) is 19.4 Å². The van der Waals surface area contributed by atoms with E-state index in [2.05, 4.69) is 14.8 Å². The van der Waals surface area contributed by atoms with Crippen molar-refractivity contribution >= 4 is 0 Å². The number of aromatic hydroxyl groups is 2. The number of hydrogen-bond donors (Lipinski definition) is 3. The van der Waals surface area contributed by atoms with Crippen molar-refractivity contribution in [2.24, 2.45) is 5.73 Å². The van der Waals surface area contributed by atoms with Crippen molar-refractivity contribution in [1.29, 1.82) is 0 Å². The molecule has 20 heavy (non-hydrogen) atoms. The van der Waals surface area contributed by atoms with Crippen LogP contribution >= 0.6 is 0 Å². The maximum atomic E-state index is 9.51. The van der Waals surface area contributed by atoms with E-state index in [9.17, 15) is 10.2 Å². The highest BCUT2D eigenvalue weighted by atomic mass is 16.3. The minimum Gasteiger partial charge on any atom is -0.504 e. The molecule has 2 heterocycles. The van der Waals surface area contributed by atoms with Crippen LogP contribution in [0.3, 0.4) is 0 Å². The Morgan fingerprint density at radius 3 is 2.85 bits per heavy atom. The van der Waals surface area contributed by atoms with Gasteiger partial charge in [0.2, 0.25) is 0 Å². The van der Waals surface area contributed by atoms with Gasteiger partial charge in [0.1, 0.15) is 11.6 Å². The molecule has 1 aliphatic heterocycles. The predicted molar refractivity (Wildman–Crippen MR) is 73.4 cm³/mol. The Bertz CT molecular complexity index is 624. The molecule has 0 bridgehead atoms. The van der Waals surface area contributed by atoms with Crippen LogP contribution in [0.25, 0.3) is 0 Å². The predicted octanol–water partition coefficient (Wildman–Crippen LogP) is 1.27. The maximum Gasteiger partial charge on any atom is 0.157 e. The second-order valence-electron chi connectivity index (χ2n) is 5.22. The largest absolute Gasteiger partial charge is 0.504 e. The standard InChI is InChI=1S/C14H18N4O2/c15-10(7-9-4-5-11(19)12(20)8-9)14-17-16-13-3-1-2-6-18(13)14/h4-5,8,10,19-20H,1-3,6-7,15H2. The summed E-state index contributed by atoms with van der Waals surface area (Å²) in [5.74, 6) is 1.56. The van der Waals surface area contributed by atoms with Gasteiger partial charge >= 0.3 is 0 Å². The molecule has 1 unspecified atom stereocenters. The first-order chi connectivity index (χ1) is 9.65. The van der Waals surface area contributed by atoms with Crippen LogP contribution in [0.4, 0.5) is 0 Å². The van der Waals surface area contributed by atoms with E-state index in [4.69, 9.17) is 5.73 Å². The van der Waals surface area contributed by atoms with E-state index >= 15 is 0 Å². The minimum absolute atomic E-state index is 0.123. The fourth-order valence-corrected chi connectivity index (χ4v) is 2.65. The number of nitrogens with two attached hydrogens (primary N) is 1. The highest BCUT2D eigenvalue weighted by Gasteiger charge is 2.20. The highest BCUT2D eigenvalue weighted by molar-refractivity contribution is 5.40. The zero-order valence-corrected chi connectivity index (χ0v) is 11.2. The summed E-state index contributed by atoms with van der Waals surface area (Å²) in [4.78, 5) is 0. The highest BCUT2D eigenvalue weighted by Crippen LogP contribution is 2.27.